The first-order valence-electron chi connectivity index (χ1n) is 13.0. The molecular formula is C32H29ClN2O6. The SMILES string of the molecule is COc1ccc(CN(C(=O)COc2ccccc2Cl)C(C(=O)NCc2ccc3c(c2)OCO3)c2ccccc2)cc1. The number of halogens is 1. The molecule has 4 aromatic rings. The Hall–Kier alpha value is -4.69. The molecule has 5 rings (SSSR count). The number of nitrogens with one attached hydrogen (secondary N) is 1. The lowest BCUT2D eigenvalue weighted by Crippen LogP contribution is -2.45. The summed E-state index contributed by atoms with van der Waals surface area (Å²) in [6.45, 7) is 0.254. The normalized spacial score (nSPS) is 12.3. The number of rotatable bonds is 11. The molecule has 1 aliphatic heterocycles. The molecule has 0 saturated carbocycles. The lowest BCUT2D eigenvalue weighted by atomic mass is 10.0. The number of hydrogen-bond donors (Lipinski definition) is 1. The molecule has 0 fully saturated rings. The first-order valence-corrected chi connectivity index (χ1v) is 13.4. The van der Waals surface area contributed by atoms with Crippen molar-refractivity contribution in [3.05, 3.63) is 119 Å². The van der Waals surface area contributed by atoms with E-state index in [0.29, 0.717) is 33.6 Å². The highest BCUT2D eigenvalue weighted by Crippen LogP contribution is 2.33. The maximum Gasteiger partial charge on any atom is 0.261 e. The Labute approximate surface area is 243 Å². The number of nitrogens with zero attached hydrogens (tertiary/aromatic N) is 1. The van der Waals surface area contributed by atoms with Crippen molar-refractivity contribution >= 4 is 23.4 Å². The fraction of sp³-hybridized carbons (Fsp3) is 0.188. The van der Waals surface area contributed by atoms with Gasteiger partial charge in [-0.2, -0.15) is 0 Å². The van der Waals surface area contributed by atoms with Crippen LogP contribution in [0.1, 0.15) is 22.7 Å². The number of para-hydroxylation sites is 1. The minimum absolute atomic E-state index is 0.158. The Morgan fingerprint density at radius 2 is 1.61 bits per heavy atom. The third kappa shape index (κ3) is 6.91. The number of methoxy groups -OCH3 is 1. The van der Waals surface area contributed by atoms with Gasteiger partial charge in [0.2, 0.25) is 12.7 Å². The number of fused-ring (bicyclic) bond motifs is 1. The van der Waals surface area contributed by atoms with Gasteiger partial charge < -0.3 is 29.2 Å². The van der Waals surface area contributed by atoms with Crippen molar-refractivity contribution in [1.82, 2.24) is 10.2 Å². The average Bonchev–Trinajstić information content (AvgIpc) is 3.48. The van der Waals surface area contributed by atoms with Crippen LogP contribution in [-0.4, -0.2) is 37.2 Å². The van der Waals surface area contributed by atoms with Gasteiger partial charge in [-0.15, -0.1) is 0 Å². The van der Waals surface area contributed by atoms with Gasteiger partial charge in [0, 0.05) is 13.1 Å². The topological polar surface area (TPSA) is 86.3 Å². The van der Waals surface area contributed by atoms with Crippen molar-refractivity contribution in [2.45, 2.75) is 19.1 Å². The lowest BCUT2D eigenvalue weighted by molar-refractivity contribution is -0.143. The van der Waals surface area contributed by atoms with Crippen LogP contribution in [0.4, 0.5) is 0 Å². The summed E-state index contributed by atoms with van der Waals surface area (Å²) < 4.78 is 21.9. The monoisotopic (exact) mass is 572 g/mol. The van der Waals surface area contributed by atoms with Gasteiger partial charge in [-0.05, 0) is 53.1 Å². The van der Waals surface area contributed by atoms with E-state index < -0.39 is 6.04 Å². The molecule has 0 bridgehead atoms. The van der Waals surface area contributed by atoms with E-state index in [1.165, 1.54) is 4.90 Å². The van der Waals surface area contributed by atoms with Crippen molar-refractivity contribution < 1.29 is 28.5 Å². The number of carbonyl (C=O) groups is 2. The maximum atomic E-state index is 13.9. The highest BCUT2D eigenvalue weighted by Gasteiger charge is 2.32. The van der Waals surface area contributed by atoms with E-state index >= 15 is 0 Å². The molecule has 2 amide bonds. The van der Waals surface area contributed by atoms with E-state index in [1.54, 1.807) is 31.4 Å². The molecule has 0 spiro atoms. The van der Waals surface area contributed by atoms with Crippen LogP contribution in [0.5, 0.6) is 23.0 Å². The van der Waals surface area contributed by atoms with Gasteiger partial charge in [0.05, 0.1) is 12.1 Å². The van der Waals surface area contributed by atoms with Gasteiger partial charge in [-0.1, -0.05) is 72.3 Å². The molecule has 41 heavy (non-hydrogen) atoms. The van der Waals surface area contributed by atoms with Gasteiger partial charge in [-0.25, -0.2) is 0 Å². The molecule has 1 aliphatic rings. The molecule has 0 radical (unpaired) electrons. The number of ether oxygens (including phenoxy) is 4. The van der Waals surface area contributed by atoms with Gasteiger partial charge >= 0.3 is 0 Å². The predicted octanol–water partition coefficient (Wildman–Crippen LogP) is 5.54. The van der Waals surface area contributed by atoms with Crippen LogP contribution in [0.25, 0.3) is 0 Å². The molecule has 0 aliphatic carbocycles. The second-order valence-electron chi connectivity index (χ2n) is 9.31. The van der Waals surface area contributed by atoms with Gasteiger partial charge in [0.1, 0.15) is 17.5 Å². The van der Waals surface area contributed by atoms with E-state index in [1.807, 2.05) is 72.8 Å². The van der Waals surface area contributed by atoms with Crippen LogP contribution in [-0.2, 0) is 22.7 Å². The molecule has 8 nitrogen and oxygen atoms in total. The molecular weight excluding hydrogens is 544 g/mol. The van der Waals surface area contributed by atoms with E-state index in [9.17, 15) is 9.59 Å². The zero-order valence-corrected chi connectivity index (χ0v) is 23.2. The smallest absolute Gasteiger partial charge is 0.261 e. The molecule has 1 unspecified atom stereocenters. The summed E-state index contributed by atoms with van der Waals surface area (Å²) in [4.78, 5) is 29.2. The Bertz CT molecular complexity index is 1500. The standard InChI is InChI=1S/C32H29ClN2O6/c1-38-25-14-11-22(12-15-25)19-35(30(36)20-39-27-10-6-5-9-26(27)33)31(24-7-3-2-4-8-24)32(37)34-18-23-13-16-28-29(17-23)41-21-40-28/h2-17,31H,18-21H2,1H3,(H,34,37). The first-order chi connectivity index (χ1) is 20.0. The highest BCUT2D eigenvalue weighted by molar-refractivity contribution is 6.32. The minimum atomic E-state index is -0.936. The van der Waals surface area contributed by atoms with Crippen molar-refractivity contribution in [3.63, 3.8) is 0 Å². The highest BCUT2D eigenvalue weighted by atomic mass is 35.5. The van der Waals surface area contributed by atoms with Crippen LogP contribution in [0.15, 0.2) is 97.1 Å². The zero-order valence-electron chi connectivity index (χ0n) is 22.4. The number of hydrogen-bond acceptors (Lipinski definition) is 6. The zero-order chi connectivity index (χ0) is 28.6. The average molecular weight is 573 g/mol. The third-order valence-electron chi connectivity index (χ3n) is 6.60. The summed E-state index contributed by atoms with van der Waals surface area (Å²) in [6.07, 6.45) is 0. The molecule has 0 saturated heterocycles. The Balaban J connectivity index is 1.42. The number of amides is 2. The quantitative estimate of drug-likeness (QED) is 0.254. The summed E-state index contributed by atoms with van der Waals surface area (Å²) in [6, 6.07) is 28.0. The maximum absolute atomic E-state index is 13.9. The Morgan fingerprint density at radius 1 is 0.902 bits per heavy atom. The van der Waals surface area contributed by atoms with Crippen molar-refractivity contribution in [1.29, 1.82) is 0 Å². The van der Waals surface area contributed by atoms with E-state index in [4.69, 9.17) is 30.5 Å². The van der Waals surface area contributed by atoms with Crippen molar-refractivity contribution in [2.75, 3.05) is 20.5 Å². The van der Waals surface area contributed by atoms with E-state index in [2.05, 4.69) is 5.32 Å². The Morgan fingerprint density at radius 3 is 2.37 bits per heavy atom. The van der Waals surface area contributed by atoms with Crippen molar-refractivity contribution in [3.8, 4) is 23.0 Å². The molecule has 0 aromatic heterocycles. The largest absolute Gasteiger partial charge is 0.497 e. The molecule has 210 valence electrons. The Kier molecular flexibility index (Phi) is 8.91. The van der Waals surface area contributed by atoms with Crippen LogP contribution in [0, 0.1) is 0 Å². The fourth-order valence-electron chi connectivity index (χ4n) is 4.48. The van der Waals surface area contributed by atoms with Crippen LogP contribution >= 0.6 is 11.6 Å². The first kappa shape index (κ1) is 27.9. The van der Waals surface area contributed by atoms with E-state index in [0.717, 1.165) is 11.1 Å². The fourth-order valence-corrected chi connectivity index (χ4v) is 4.67. The summed E-state index contributed by atoms with van der Waals surface area (Å²) in [5, 5.41) is 3.39. The minimum Gasteiger partial charge on any atom is -0.497 e. The molecule has 1 atom stereocenters. The summed E-state index contributed by atoms with van der Waals surface area (Å²) >= 11 is 6.25. The van der Waals surface area contributed by atoms with E-state index in [-0.39, 0.29) is 38.3 Å². The summed E-state index contributed by atoms with van der Waals surface area (Å²) in [5.74, 6) is 1.65. The second kappa shape index (κ2) is 13.1. The second-order valence-corrected chi connectivity index (χ2v) is 9.71. The number of benzene rings is 4. The van der Waals surface area contributed by atoms with Crippen molar-refractivity contribution in [2.24, 2.45) is 0 Å². The predicted molar refractivity (Wildman–Crippen MR) is 154 cm³/mol. The van der Waals surface area contributed by atoms with Crippen LogP contribution < -0.4 is 24.3 Å². The van der Waals surface area contributed by atoms with Crippen LogP contribution in [0.2, 0.25) is 5.02 Å². The molecule has 9 heteroatoms. The molecule has 4 aromatic carbocycles. The summed E-state index contributed by atoms with van der Waals surface area (Å²) in [7, 11) is 1.59. The van der Waals surface area contributed by atoms with Gasteiger partial charge in [0.15, 0.2) is 18.1 Å². The van der Waals surface area contributed by atoms with Gasteiger partial charge in [-0.3, -0.25) is 9.59 Å². The summed E-state index contributed by atoms with van der Waals surface area (Å²) in [5.41, 5.74) is 2.32. The molecule has 1 N–H and O–H groups in total. The lowest BCUT2D eigenvalue weighted by Gasteiger charge is -2.31. The van der Waals surface area contributed by atoms with Gasteiger partial charge in [0.25, 0.3) is 5.91 Å². The van der Waals surface area contributed by atoms with Crippen LogP contribution in [0.3, 0.4) is 0 Å². The third-order valence-corrected chi connectivity index (χ3v) is 6.91. The molecule has 1 heterocycles. The number of carbonyl (C=O) groups excluding carboxylic acids is 2.